The van der Waals surface area contributed by atoms with E-state index >= 15 is 0 Å². The number of halogens is 3. The Hall–Kier alpha value is -3.48. The molecule has 1 aromatic heterocycles. The predicted molar refractivity (Wildman–Crippen MR) is 112 cm³/mol. The van der Waals surface area contributed by atoms with E-state index in [0.717, 1.165) is 30.7 Å². The number of primary amides is 1. The van der Waals surface area contributed by atoms with Crippen molar-refractivity contribution in [3.05, 3.63) is 53.4 Å². The monoisotopic (exact) mass is 444 g/mol. The second-order valence-corrected chi connectivity index (χ2v) is 8.18. The fourth-order valence-electron chi connectivity index (χ4n) is 3.95. The average molecular weight is 444 g/mol. The minimum absolute atomic E-state index is 0.101. The van der Waals surface area contributed by atoms with Gasteiger partial charge in [-0.3, -0.25) is 9.48 Å². The summed E-state index contributed by atoms with van der Waals surface area (Å²) < 4.78 is 39.9. The van der Waals surface area contributed by atoms with Crippen LogP contribution in [0, 0.1) is 17.2 Å². The summed E-state index contributed by atoms with van der Waals surface area (Å²) in [5.41, 5.74) is 6.20. The van der Waals surface area contributed by atoms with Gasteiger partial charge in [-0.15, -0.1) is 0 Å². The lowest BCUT2D eigenvalue weighted by molar-refractivity contribution is -0.137. The van der Waals surface area contributed by atoms with Gasteiger partial charge in [0.15, 0.2) is 5.82 Å². The van der Waals surface area contributed by atoms with Crippen molar-refractivity contribution in [3.8, 4) is 6.07 Å². The molecule has 1 fully saturated rings. The number of nitriles is 1. The molecule has 1 saturated carbocycles. The summed E-state index contributed by atoms with van der Waals surface area (Å²) in [5, 5.41) is 20.5. The number of benzene rings is 1. The number of anilines is 2. The minimum Gasteiger partial charge on any atom is -0.386 e. The van der Waals surface area contributed by atoms with Crippen LogP contribution in [0.3, 0.4) is 0 Å². The lowest BCUT2D eigenvalue weighted by Crippen LogP contribution is -2.37. The SMILES string of the molecule is N#C[C@H]1CC(NC2CCC2)=CC[C@@H]1n1cc(C(N)=O)c(Nc2ccc(C(F)(F)F)cc2)n1. The van der Waals surface area contributed by atoms with Crippen molar-refractivity contribution in [2.75, 3.05) is 5.32 Å². The molecule has 4 N–H and O–H groups in total. The fourth-order valence-corrected chi connectivity index (χ4v) is 3.95. The largest absolute Gasteiger partial charge is 0.416 e. The van der Waals surface area contributed by atoms with Crippen molar-refractivity contribution in [3.63, 3.8) is 0 Å². The van der Waals surface area contributed by atoms with E-state index in [1.807, 2.05) is 0 Å². The number of aromatic nitrogens is 2. The summed E-state index contributed by atoms with van der Waals surface area (Å²) >= 11 is 0. The van der Waals surface area contributed by atoms with Crippen molar-refractivity contribution in [1.29, 1.82) is 5.26 Å². The Labute approximate surface area is 183 Å². The number of alkyl halides is 3. The van der Waals surface area contributed by atoms with Gasteiger partial charge in [-0.1, -0.05) is 6.08 Å². The van der Waals surface area contributed by atoms with Gasteiger partial charge in [-0.2, -0.15) is 23.5 Å². The Bertz CT molecular complexity index is 1060. The van der Waals surface area contributed by atoms with Crippen molar-refractivity contribution < 1.29 is 18.0 Å². The van der Waals surface area contributed by atoms with Crippen LogP contribution in [0.2, 0.25) is 0 Å². The molecule has 1 heterocycles. The lowest BCUT2D eigenvalue weighted by atomic mass is 9.86. The van der Waals surface area contributed by atoms with Crippen molar-refractivity contribution in [2.45, 2.75) is 50.4 Å². The molecule has 4 rings (SSSR count). The topological polar surface area (TPSA) is 109 Å². The van der Waals surface area contributed by atoms with Crippen LogP contribution in [-0.4, -0.2) is 21.7 Å². The summed E-state index contributed by atoms with van der Waals surface area (Å²) in [7, 11) is 0. The van der Waals surface area contributed by atoms with Crippen molar-refractivity contribution >= 4 is 17.4 Å². The number of hydrogen-bond donors (Lipinski definition) is 3. The van der Waals surface area contributed by atoms with Crippen LogP contribution in [0.25, 0.3) is 0 Å². The zero-order valence-electron chi connectivity index (χ0n) is 17.2. The summed E-state index contributed by atoms with van der Waals surface area (Å²) in [4.78, 5) is 12.0. The molecular weight excluding hydrogens is 421 g/mol. The molecule has 1 aromatic carbocycles. The van der Waals surface area contributed by atoms with Crippen LogP contribution in [-0.2, 0) is 6.18 Å². The summed E-state index contributed by atoms with van der Waals surface area (Å²) in [6, 6.07) is 6.92. The molecule has 2 aromatic rings. The highest BCUT2D eigenvalue weighted by Crippen LogP contribution is 2.35. The van der Waals surface area contributed by atoms with E-state index in [-0.39, 0.29) is 23.3 Å². The Balaban J connectivity index is 1.55. The van der Waals surface area contributed by atoms with Gasteiger partial charge < -0.3 is 16.4 Å². The van der Waals surface area contributed by atoms with Crippen molar-refractivity contribution in [2.24, 2.45) is 11.7 Å². The number of hydrogen-bond acceptors (Lipinski definition) is 5. The maximum Gasteiger partial charge on any atom is 0.416 e. The quantitative estimate of drug-likeness (QED) is 0.617. The molecule has 0 unspecified atom stereocenters. The maximum absolute atomic E-state index is 12.8. The normalized spacial score (nSPS) is 21.2. The highest BCUT2D eigenvalue weighted by molar-refractivity contribution is 5.98. The number of nitrogens with one attached hydrogen (secondary N) is 2. The number of carbonyl (C=O) groups is 1. The molecule has 0 saturated heterocycles. The van der Waals surface area contributed by atoms with Gasteiger partial charge in [0, 0.05) is 30.0 Å². The van der Waals surface area contributed by atoms with Crippen LogP contribution in [0.1, 0.15) is 54.1 Å². The van der Waals surface area contributed by atoms with E-state index in [4.69, 9.17) is 5.73 Å². The molecular formula is C22H23F3N6O. The van der Waals surface area contributed by atoms with E-state index in [2.05, 4.69) is 27.9 Å². The smallest absolute Gasteiger partial charge is 0.386 e. The summed E-state index contributed by atoms with van der Waals surface area (Å²) in [6.45, 7) is 0. The van der Waals surface area contributed by atoms with Gasteiger partial charge in [0.05, 0.1) is 23.6 Å². The molecule has 0 radical (unpaired) electrons. The van der Waals surface area contributed by atoms with Gasteiger partial charge in [0.25, 0.3) is 5.91 Å². The number of carbonyl (C=O) groups excluding carboxylic acids is 1. The van der Waals surface area contributed by atoms with E-state index in [1.54, 1.807) is 4.68 Å². The first-order valence-corrected chi connectivity index (χ1v) is 10.4. The molecule has 0 aliphatic heterocycles. The van der Waals surface area contributed by atoms with Gasteiger partial charge in [-0.25, -0.2) is 0 Å². The summed E-state index contributed by atoms with van der Waals surface area (Å²) in [6.07, 6.45) is 3.72. The third-order valence-corrected chi connectivity index (χ3v) is 5.98. The third kappa shape index (κ3) is 4.56. The number of nitrogens with zero attached hydrogens (tertiary/aromatic N) is 3. The Morgan fingerprint density at radius 2 is 1.97 bits per heavy atom. The summed E-state index contributed by atoms with van der Waals surface area (Å²) in [5.74, 6) is -0.934. The van der Waals surface area contributed by atoms with Crippen molar-refractivity contribution in [1.82, 2.24) is 15.1 Å². The zero-order valence-corrected chi connectivity index (χ0v) is 17.2. The Morgan fingerprint density at radius 1 is 1.25 bits per heavy atom. The van der Waals surface area contributed by atoms with Crippen LogP contribution >= 0.6 is 0 Å². The molecule has 0 bridgehead atoms. The Morgan fingerprint density at radius 3 is 2.53 bits per heavy atom. The standard InChI is InChI=1S/C22H23F3N6O/c23-22(24,25)14-4-6-16(7-5-14)29-21-18(20(27)32)12-31(30-21)19-9-8-17(10-13(19)11-26)28-15-2-1-3-15/h4-8,12-13,15,19,28H,1-3,9-10H2,(H2,27,32)(H,29,30)/t13-,19+/m1/s1. The average Bonchev–Trinajstić information content (AvgIpc) is 3.14. The molecule has 2 aliphatic carbocycles. The van der Waals surface area contributed by atoms with E-state index in [0.29, 0.717) is 24.6 Å². The van der Waals surface area contributed by atoms with Gasteiger partial charge in [0.2, 0.25) is 0 Å². The number of amides is 1. The highest BCUT2D eigenvalue weighted by Gasteiger charge is 2.32. The van der Waals surface area contributed by atoms with Crippen LogP contribution < -0.4 is 16.4 Å². The molecule has 1 amide bonds. The molecule has 32 heavy (non-hydrogen) atoms. The van der Waals surface area contributed by atoms with Gasteiger partial charge in [0.1, 0.15) is 5.56 Å². The van der Waals surface area contributed by atoms with Crippen LogP contribution in [0.4, 0.5) is 24.7 Å². The van der Waals surface area contributed by atoms with Crippen LogP contribution in [0.5, 0.6) is 0 Å². The molecule has 2 aliphatic rings. The number of rotatable bonds is 6. The highest BCUT2D eigenvalue weighted by atomic mass is 19.4. The first-order valence-electron chi connectivity index (χ1n) is 10.4. The van der Waals surface area contributed by atoms with E-state index in [9.17, 15) is 23.2 Å². The first-order chi connectivity index (χ1) is 15.2. The molecule has 0 spiro atoms. The second-order valence-electron chi connectivity index (χ2n) is 8.18. The first kappa shape index (κ1) is 21.7. The molecule has 2 atom stereocenters. The van der Waals surface area contributed by atoms with E-state index < -0.39 is 17.6 Å². The minimum atomic E-state index is -4.44. The molecule has 168 valence electrons. The van der Waals surface area contributed by atoms with Gasteiger partial charge in [-0.05, 0) is 49.9 Å². The second kappa shape index (κ2) is 8.57. The lowest BCUT2D eigenvalue weighted by Gasteiger charge is -2.33. The number of nitrogens with two attached hydrogens (primary N) is 1. The number of allylic oxidation sites excluding steroid dienone is 2. The van der Waals surface area contributed by atoms with E-state index in [1.165, 1.54) is 24.8 Å². The zero-order chi connectivity index (χ0) is 22.9. The third-order valence-electron chi connectivity index (χ3n) is 5.98. The molecule has 7 nitrogen and oxygen atoms in total. The fraction of sp³-hybridized carbons (Fsp3) is 0.409. The Kier molecular flexibility index (Phi) is 5.82. The molecule has 10 heteroatoms. The maximum atomic E-state index is 12.8. The van der Waals surface area contributed by atoms with Crippen LogP contribution in [0.15, 0.2) is 42.2 Å². The predicted octanol–water partition coefficient (Wildman–Crippen LogP) is 4.25. The van der Waals surface area contributed by atoms with Gasteiger partial charge >= 0.3 is 6.18 Å².